The Kier molecular flexibility index (Phi) is 5.58. The van der Waals surface area contributed by atoms with Gasteiger partial charge in [-0.25, -0.2) is 4.98 Å². The third-order valence-corrected chi connectivity index (χ3v) is 5.29. The van der Waals surface area contributed by atoms with Crippen LogP contribution in [0.2, 0.25) is 0 Å². The third kappa shape index (κ3) is 4.08. The van der Waals surface area contributed by atoms with E-state index in [1.165, 1.54) is 0 Å². The Labute approximate surface area is 181 Å². The van der Waals surface area contributed by atoms with Gasteiger partial charge in [0.15, 0.2) is 0 Å². The van der Waals surface area contributed by atoms with E-state index in [-0.39, 0.29) is 5.91 Å². The molecule has 5 heteroatoms. The van der Waals surface area contributed by atoms with Gasteiger partial charge in [-0.05, 0) is 55.3 Å². The minimum absolute atomic E-state index is 0.180. The molecule has 1 N–H and O–H groups in total. The van der Waals surface area contributed by atoms with Crippen molar-refractivity contribution in [2.24, 2.45) is 0 Å². The molecule has 0 atom stereocenters. The molecule has 1 aromatic heterocycles. The zero-order valence-corrected chi connectivity index (χ0v) is 18.0. The van der Waals surface area contributed by atoms with Crippen LogP contribution in [0.4, 0.5) is 5.69 Å². The topological polar surface area (TPSA) is 60.5 Å². The van der Waals surface area contributed by atoms with E-state index in [9.17, 15) is 4.79 Å². The van der Waals surface area contributed by atoms with E-state index in [4.69, 9.17) is 14.5 Å². The quantitative estimate of drug-likeness (QED) is 0.451. The number of carbonyl (C=O) groups excluding carboxylic acids is 1. The molecule has 0 saturated carbocycles. The summed E-state index contributed by atoms with van der Waals surface area (Å²) in [6, 6.07) is 21.0. The van der Waals surface area contributed by atoms with Crippen LogP contribution in [0.3, 0.4) is 0 Å². The molecule has 1 heterocycles. The van der Waals surface area contributed by atoms with Crippen molar-refractivity contribution in [3.05, 3.63) is 83.4 Å². The van der Waals surface area contributed by atoms with Crippen LogP contribution >= 0.6 is 0 Å². The van der Waals surface area contributed by atoms with Gasteiger partial charge in [0.05, 0.1) is 31.0 Å². The molecule has 0 bridgehead atoms. The zero-order chi connectivity index (χ0) is 22.0. The predicted molar refractivity (Wildman–Crippen MR) is 124 cm³/mol. The molecule has 0 spiro atoms. The average molecular weight is 412 g/mol. The molecule has 0 aliphatic carbocycles. The number of pyridine rings is 1. The number of nitrogens with one attached hydrogen (secondary N) is 1. The van der Waals surface area contributed by atoms with Crippen LogP contribution in [0.1, 0.15) is 21.5 Å². The van der Waals surface area contributed by atoms with E-state index in [1.54, 1.807) is 14.2 Å². The lowest BCUT2D eigenvalue weighted by molar-refractivity contribution is 0.102. The number of anilines is 1. The fourth-order valence-electron chi connectivity index (χ4n) is 3.57. The zero-order valence-electron chi connectivity index (χ0n) is 18.0. The van der Waals surface area contributed by atoms with Crippen LogP contribution in [-0.2, 0) is 0 Å². The first kappa shape index (κ1) is 20.4. The summed E-state index contributed by atoms with van der Waals surface area (Å²) in [6.07, 6.45) is 0. The van der Waals surface area contributed by atoms with Crippen molar-refractivity contribution in [3.8, 4) is 22.8 Å². The molecule has 4 rings (SSSR count). The van der Waals surface area contributed by atoms with Gasteiger partial charge in [0.2, 0.25) is 0 Å². The van der Waals surface area contributed by atoms with Gasteiger partial charge in [0.25, 0.3) is 5.91 Å². The maximum atomic E-state index is 13.3. The van der Waals surface area contributed by atoms with Crippen LogP contribution in [0.5, 0.6) is 11.5 Å². The van der Waals surface area contributed by atoms with Crippen molar-refractivity contribution < 1.29 is 14.3 Å². The van der Waals surface area contributed by atoms with E-state index in [2.05, 4.69) is 5.32 Å². The Morgan fingerprint density at radius 2 is 1.71 bits per heavy atom. The maximum Gasteiger partial charge on any atom is 0.256 e. The predicted octanol–water partition coefficient (Wildman–Crippen LogP) is 5.79. The van der Waals surface area contributed by atoms with Gasteiger partial charge in [-0.15, -0.1) is 0 Å². The summed E-state index contributed by atoms with van der Waals surface area (Å²) in [5, 5.41) is 3.86. The Balaban J connectivity index is 1.84. The van der Waals surface area contributed by atoms with Gasteiger partial charge in [-0.1, -0.05) is 30.3 Å². The van der Waals surface area contributed by atoms with Gasteiger partial charge < -0.3 is 14.8 Å². The largest absolute Gasteiger partial charge is 0.497 e. The van der Waals surface area contributed by atoms with E-state index in [0.717, 1.165) is 33.3 Å². The molecule has 3 aromatic carbocycles. The average Bonchev–Trinajstić information content (AvgIpc) is 2.80. The maximum absolute atomic E-state index is 13.3. The van der Waals surface area contributed by atoms with E-state index >= 15 is 0 Å². The number of hydrogen-bond acceptors (Lipinski definition) is 4. The normalized spacial score (nSPS) is 10.7. The Bertz CT molecular complexity index is 1280. The molecule has 1 amide bonds. The Hall–Kier alpha value is -3.86. The molecule has 31 heavy (non-hydrogen) atoms. The van der Waals surface area contributed by atoms with E-state index in [0.29, 0.717) is 22.8 Å². The second-order valence-corrected chi connectivity index (χ2v) is 7.41. The Morgan fingerprint density at radius 1 is 0.903 bits per heavy atom. The number of amides is 1. The summed E-state index contributed by atoms with van der Waals surface area (Å²) < 4.78 is 10.9. The standard InChI is InChI=1S/C26H24N2O3/c1-16-9-10-17(2)23(13-16)28-26(29)21-15-24(27-22-8-6-5-7-19(21)22)20-12-11-18(30-3)14-25(20)31-4/h5-15H,1-4H3,(H,28,29). The second kappa shape index (κ2) is 8.48. The number of hydrogen-bond donors (Lipinski definition) is 1. The summed E-state index contributed by atoms with van der Waals surface area (Å²) >= 11 is 0. The summed E-state index contributed by atoms with van der Waals surface area (Å²) in [6.45, 7) is 3.98. The fraction of sp³-hybridized carbons (Fsp3) is 0.154. The summed E-state index contributed by atoms with van der Waals surface area (Å²) in [5.74, 6) is 1.14. The number of fused-ring (bicyclic) bond motifs is 1. The Morgan fingerprint density at radius 3 is 2.48 bits per heavy atom. The molecular formula is C26H24N2O3. The van der Waals surface area contributed by atoms with Crippen molar-refractivity contribution in [1.82, 2.24) is 4.98 Å². The first-order chi connectivity index (χ1) is 15.0. The number of methoxy groups -OCH3 is 2. The molecule has 0 unspecified atom stereocenters. The highest BCUT2D eigenvalue weighted by molar-refractivity contribution is 6.13. The molecule has 0 fully saturated rings. The van der Waals surface area contributed by atoms with Crippen molar-refractivity contribution >= 4 is 22.5 Å². The van der Waals surface area contributed by atoms with E-state index < -0.39 is 0 Å². The third-order valence-electron chi connectivity index (χ3n) is 5.29. The van der Waals surface area contributed by atoms with Crippen molar-refractivity contribution in [3.63, 3.8) is 0 Å². The molecule has 0 aliphatic rings. The number of para-hydroxylation sites is 1. The van der Waals surface area contributed by atoms with Crippen LogP contribution in [0, 0.1) is 13.8 Å². The number of aromatic nitrogens is 1. The summed E-state index contributed by atoms with van der Waals surface area (Å²) in [5.41, 5.74) is 5.63. The number of carbonyl (C=O) groups is 1. The second-order valence-electron chi connectivity index (χ2n) is 7.41. The molecule has 0 aliphatic heterocycles. The highest BCUT2D eigenvalue weighted by Crippen LogP contribution is 2.34. The highest BCUT2D eigenvalue weighted by Gasteiger charge is 2.17. The van der Waals surface area contributed by atoms with Crippen molar-refractivity contribution in [2.45, 2.75) is 13.8 Å². The molecule has 0 radical (unpaired) electrons. The van der Waals surface area contributed by atoms with Crippen LogP contribution in [-0.4, -0.2) is 25.1 Å². The SMILES string of the molecule is COc1ccc(-c2cc(C(=O)Nc3cc(C)ccc3C)c3ccccc3n2)c(OC)c1. The van der Waals surface area contributed by atoms with Gasteiger partial charge in [-0.2, -0.15) is 0 Å². The number of nitrogens with zero attached hydrogens (tertiary/aromatic N) is 1. The van der Waals surface area contributed by atoms with Crippen molar-refractivity contribution in [2.75, 3.05) is 19.5 Å². The first-order valence-corrected chi connectivity index (χ1v) is 10.0. The van der Waals surface area contributed by atoms with Crippen LogP contribution in [0.25, 0.3) is 22.2 Å². The summed E-state index contributed by atoms with van der Waals surface area (Å²) in [4.78, 5) is 18.1. The number of rotatable bonds is 5. The van der Waals surface area contributed by atoms with Crippen LogP contribution in [0.15, 0.2) is 66.7 Å². The fourth-order valence-corrected chi connectivity index (χ4v) is 3.57. The first-order valence-electron chi connectivity index (χ1n) is 10.0. The van der Waals surface area contributed by atoms with Crippen molar-refractivity contribution in [1.29, 1.82) is 0 Å². The molecule has 0 saturated heterocycles. The number of benzene rings is 3. The lowest BCUT2D eigenvalue weighted by Crippen LogP contribution is -2.14. The lowest BCUT2D eigenvalue weighted by Gasteiger charge is -2.14. The molecule has 4 aromatic rings. The monoisotopic (exact) mass is 412 g/mol. The smallest absolute Gasteiger partial charge is 0.256 e. The molecule has 156 valence electrons. The van der Waals surface area contributed by atoms with Crippen LogP contribution < -0.4 is 14.8 Å². The number of aryl methyl sites for hydroxylation is 2. The summed E-state index contributed by atoms with van der Waals surface area (Å²) in [7, 11) is 3.21. The number of ether oxygens (including phenoxy) is 2. The van der Waals surface area contributed by atoms with E-state index in [1.807, 2.05) is 80.6 Å². The molecular weight excluding hydrogens is 388 g/mol. The molecule has 5 nitrogen and oxygen atoms in total. The van der Waals surface area contributed by atoms with Gasteiger partial charge in [-0.3, -0.25) is 4.79 Å². The minimum atomic E-state index is -0.180. The van der Waals surface area contributed by atoms with Gasteiger partial charge in [0, 0.05) is 22.7 Å². The lowest BCUT2D eigenvalue weighted by atomic mass is 10.0. The van der Waals surface area contributed by atoms with Gasteiger partial charge in [0.1, 0.15) is 11.5 Å². The minimum Gasteiger partial charge on any atom is -0.497 e. The van der Waals surface area contributed by atoms with Gasteiger partial charge >= 0.3 is 0 Å². The highest BCUT2D eigenvalue weighted by atomic mass is 16.5.